The summed E-state index contributed by atoms with van der Waals surface area (Å²) in [7, 11) is 0. The van der Waals surface area contributed by atoms with Crippen LogP contribution in [0.25, 0.3) is 10.9 Å². The fraction of sp³-hybridized carbons (Fsp3) is 0.591. The maximum atomic E-state index is 13.3. The molecule has 1 unspecified atom stereocenters. The lowest BCUT2D eigenvalue weighted by Gasteiger charge is -2.34. The summed E-state index contributed by atoms with van der Waals surface area (Å²) in [6, 6.07) is 5.52. The Morgan fingerprint density at radius 1 is 1.36 bits per heavy atom. The maximum Gasteiger partial charge on any atom is 0.191 e. The number of hydrogen-bond acceptors (Lipinski definition) is 2. The molecule has 3 rings (SSSR count). The molecule has 0 bridgehead atoms. The zero-order valence-corrected chi connectivity index (χ0v) is 17.4. The van der Waals surface area contributed by atoms with Crippen LogP contribution in [0.3, 0.4) is 0 Å². The molecule has 0 amide bonds. The third-order valence-corrected chi connectivity index (χ3v) is 5.55. The number of aliphatic imine (C=N–C) groups is 1. The third-order valence-electron chi connectivity index (χ3n) is 5.55. The molecular weight excluding hydrogens is 353 g/mol. The fourth-order valence-electron chi connectivity index (χ4n) is 3.96. The van der Waals surface area contributed by atoms with Gasteiger partial charge in [0.15, 0.2) is 5.96 Å². The van der Waals surface area contributed by atoms with Crippen LogP contribution in [-0.4, -0.2) is 54.6 Å². The number of aromatic nitrogens is 1. The van der Waals surface area contributed by atoms with E-state index in [4.69, 9.17) is 4.99 Å². The number of hydrogen-bond donors (Lipinski definition) is 3. The van der Waals surface area contributed by atoms with Gasteiger partial charge in [0.2, 0.25) is 0 Å². The molecule has 5 nitrogen and oxygen atoms in total. The molecule has 0 radical (unpaired) electrons. The van der Waals surface area contributed by atoms with Gasteiger partial charge in [0, 0.05) is 49.3 Å². The van der Waals surface area contributed by atoms with Gasteiger partial charge >= 0.3 is 0 Å². The minimum Gasteiger partial charge on any atom is -0.361 e. The van der Waals surface area contributed by atoms with Gasteiger partial charge in [-0.1, -0.05) is 0 Å². The summed E-state index contributed by atoms with van der Waals surface area (Å²) in [5.41, 5.74) is 2.04. The van der Waals surface area contributed by atoms with Crippen LogP contribution in [0.15, 0.2) is 29.4 Å². The molecule has 1 aromatic carbocycles. The topological polar surface area (TPSA) is 55.5 Å². The van der Waals surface area contributed by atoms with Crippen molar-refractivity contribution in [3.8, 4) is 0 Å². The highest BCUT2D eigenvalue weighted by Crippen LogP contribution is 2.20. The van der Waals surface area contributed by atoms with E-state index in [1.807, 2.05) is 12.3 Å². The van der Waals surface area contributed by atoms with Gasteiger partial charge in [-0.15, -0.1) is 0 Å². The standard InChI is InChI=1S/C22H34FN5/c1-4-24-22(27-13-17-6-5-11-28(15-17)16(2)3)25-10-9-18-14-26-21-12-19(23)7-8-20(18)21/h7-8,12,14,16-17,26H,4-6,9-11,13,15H2,1-3H3,(H2,24,25,27). The summed E-state index contributed by atoms with van der Waals surface area (Å²) in [5, 5.41) is 7.88. The summed E-state index contributed by atoms with van der Waals surface area (Å²) < 4.78 is 13.3. The number of piperidine rings is 1. The summed E-state index contributed by atoms with van der Waals surface area (Å²) >= 11 is 0. The van der Waals surface area contributed by atoms with E-state index in [1.54, 1.807) is 6.07 Å². The Bertz CT molecular complexity index is 782. The van der Waals surface area contributed by atoms with Crippen molar-refractivity contribution >= 4 is 16.9 Å². The Kier molecular flexibility index (Phi) is 7.31. The van der Waals surface area contributed by atoms with E-state index in [0.717, 1.165) is 49.5 Å². The number of guanidine groups is 1. The van der Waals surface area contributed by atoms with Crippen molar-refractivity contribution in [2.45, 2.75) is 46.1 Å². The van der Waals surface area contributed by atoms with Gasteiger partial charge in [0.25, 0.3) is 0 Å². The highest BCUT2D eigenvalue weighted by Gasteiger charge is 2.21. The lowest BCUT2D eigenvalue weighted by Crippen LogP contribution is -2.42. The smallest absolute Gasteiger partial charge is 0.191 e. The molecule has 2 aromatic rings. The highest BCUT2D eigenvalue weighted by atomic mass is 19.1. The van der Waals surface area contributed by atoms with Gasteiger partial charge in [0.1, 0.15) is 5.82 Å². The van der Waals surface area contributed by atoms with Crippen LogP contribution >= 0.6 is 0 Å². The van der Waals surface area contributed by atoms with Crippen LogP contribution in [0.5, 0.6) is 0 Å². The van der Waals surface area contributed by atoms with E-state index in [-0.39, 0.29) is 5.82 Å². The number of likely N-dealkylation sites (tertiary alicyclic amines) is 1. The average Bonchev–Trinajstić information content (AvgIpc) is 3.08. The van der Waals surface area contributed by atoms with Crippen molar-refractivity contribution in [3.63, 3.8) is 0 Å². The first kappa shape index (κ1) is 20.6. The van der Waals surface area contributed by atoms with Crippen molar-refractivity contribution in [3.05, 3.63) is 35.8 Å². The van der Waals surface area contributed by atoms with E-state index < -0.39 is 0 Å². The number of H-pyrrole nitrogens is 1. The molecule has 1 aliphatic heterocycles. The Morgan fingerprint density at radius 3 is 3.00 bits per heavy atom. The largest absolute Gasteiger partial charge is 0.361 e. The Balaban J connectivity index is 1.53. The maximum absolute atomic E-state index is 13.3. The Labute approximate surface area is 167 Å². The van der Waals surface area contributed by atoms with E-state index in [9.17, 15) is 4.39 Å². The molecule has 2 heterocycles. The van der Waals surface area contributed by atoms with Crippen LogP contribution in [0.2, 0.25) is 0 Å². The number of nitrogens with one attached hydrogen (secondary N) is 3. The van der Waals surface area contributed by atoms with E-state index in [2.05, 4.69) is 41.3 Å². The van der Waals surface area contributed by atoms with Gasteiger partial charge in [-0.05, 0) is 76.3 Å². The monoisotopic (exact) mass is 387 g/mol. The molecule has 0 saturated carbocycles. The highest BCUT2D eigenvalue weighted by molar-refractivity contribution is 5.83. The summed E-state index contributed by atoms with van der Waals surface area (Å²) in [4.78, 5) is 10.5. The van der Waals surface area contributed by atoms with Crippen LogP contribution in [0.4, 0.5) is 4.39 Å². The predicted octanol–water partition coefficient (Wildman–Crippen LogP) is 3.53. The molecule has 3 N–H and O–H groups in total. The molecule has 1 atom stereocenters. The average molecular weight is 388 g/mol. The number of benzene rings is 1. The minimum atomic E-state index is -0.209. The third kappa shape index (κ3) is 5.47. The van der Waals surface area contributed by atoms with E-state index in [1.165, 1.54) is 31.0 Å². The molecule has 28 heavy (non-hydrogen) atoms. The van der Waals surface area contributed by atoms with Gasteiger partial charge in [-0.3, -0.25) is 4.99 Å². The molecule has 1 fully saturated rings. The first-order chi connectivity index (χ1) is 13.6. The quantitative estimate of drug-likeness (QED) is 0.503. The van der Waals surface area contributed by atoms with E-state index in [0.29, 0.717) is 12.0 Å². The van der Waals surface area contributed by atoms with Crippen LogP contribution in [0, 0.1) is 11.7 Å². The summed E-state index contributed by atoms with van der Waals surface area (Å²) in [6.07, 6.45) is 5.36. The second-order valence-electron chi connectivity index (χ2n) is 8.00. The number of fused-ring (bicyclic) bond motifs is 1. The van der Waals surface area contributed by atoms with Crippen molar-refractivity contribution in [1.29, 1.82) is 0 Å². The zero-order chi connectivity index (χ0) is 19.9. The minimum absolute atomic E-state index is 0.209. The number of nitrogens with zero attached hydrogens (tertiary/aromatic N) is 2. The van der Waals surface area contributed by atoms with E-state index >= 15 is 0 Å². The first-order valence-corrected chi connectivity index (χ1v) is 10.6. The number of rotatable bonds is 7. The normalized spacial score (nSPS) is 18.8. The van der Waals surface area contributed by atoms with Gasteiger partial charge in [0.05, 0.1) is 0 Å². The molecule has 154 valence electrons. The van der Waals surface area contributed by atoms with Crippen molar-refractivity contribution in [1.82, 2.24) is 20.5 Å². The second kappa shape index (κ2) is 9.92. The van der Waals surface area contributed by atoms with Gasteiger partial charge < -0.3 is 20.5 Å². The molecular formula is C22H34FN5. The molecule has 6 heteroatoms. The van der Waals surface area contributed by atoms with Gasteiger partial charge in [-0.25, -0.2) is 4.39 Å². The zero-order valence-electron chi connectivity index (χ0n) is 17.4. The van der Waals surface area contributed by atoms with Crippen molar-refractivity contribution in [2.75, 3.05) is 32.7 Å². The summed E-state index contributed by atoms with van der Waals surface area (Å²) in [6.45, 7) is 11.5. The number of halogens is 1. The molecule has 1 aromatic heterocycles. The van der Waals surface area contributed by atoms with Crippen molar-refractivity contribution in [2.24, 2.45) is 10.9 Å². The van der Waals surface area contributed by atoms with Crippen LogP contribution in [0.1, 0.15) is 39.2 Å². The lowest BCUT2D eigenvalue weighted by atomic mass is 9.97. The fourth-order valence-corrected chi connectivity index (χ4v) is 3.96. The van der Waals surface area contributed by atoms with Gasteiger partial charge in [-0.2, -0.15) is 0 Å². The van der Waals surface area contributed by atoms with Crippen LogP contribution < -0.4 is 10.6 Å². The summed E-state index contributed by atoms with van der Waals surface area (Å²) in [5.74, 6) is 1.31. The predicted molar refractivity (Wildman–Crippen MR) is 115 cm³/mol. The van der Waals surface area contributed by atoms with Crippen molar-refractivity contribution < 1.29 is 4.39 Å². The van der Waals surface area contributed by atoms with Crippen LogP contribution in [-0.2, 0) is 6.42 Å². The lowest BCUT2D eigenvalue weighted by molar-refractivity contribution is 0.143. The second-order valence-corrected chi connectivity index (χ2v) is 8.00. The molecule has 0 spiro atoms. The number of aromatic amines is 1. The molecule has 0 aliphatic carbocycles. The SMILES string of the molecule is CCNC(=NCC1CCCN(C(C)C)C1)NCCc1c[nH]c2cc(F)ccc12. The Hall–Kier alpha value is -2.08. The Morgan fingerprint density at radius 2 is 2.21 bits per heavy atom. The molecule has 1 saturated heterocycles. The first-order valence-electron chi connectivity index (χ1n) is 10.6. The molecule has 1 aliphatic rings.